The van der Waals surface area contributed by atoms with Gasteiger partial charge in [0.05, 0.1) is 5.02 Å². The fourth-order valence-electron chi connectivity index (χ4n) is 3.10. The quantitative estimate of drug-likeness (QED) is 0.847. The summed E-state index contributed by atoms with van der Waals surface area (Å²) in [4.78, 5) is 16.5. The maximum atomic E-state index is 13.2. The molecule has 1 heterocycles. The highest BCUT2D eigenvalue weighted by Gasteiger charge is 2.21. The first-order valence-corrected chi connectivity index (χ1v) is 9.27. The highest BCUT2D eigenvalue weighted by atomic mass is 35.5. The number of nitrogens with one attached hydrogen (secondary N) is 1. The van der Waals surface area contributed by atoms with Gasteiger partial charge in [-0.25, -0.2) is 9.18 Å². The number of hydrogen-bond acceptors (Lipinski definition) is 2. The van der Waals surface area contributed by atoms with E-state index in [4.69, 9.17) is 11.6 Å². The molecule has 138 valence electrons. The van der Waals surface area contributed by atoms with Gasteiger partial charge in [0.1, 0.15) is 5.82 Å². The Hall–Kier alpha value is -2.11. The van der Waals surface area contributed by atoms with Crippen LogP contribution in [0.25, 0.3) is 0 Å². The zero-order valence-electron chi connectivity index (χ0n) is 14.6. The van der Waals surface area contributed by atoms with Crippen LogP contribution in [-0.4, -0.2) is 48.6 Å². The summed E-state index contributed by atoms with van der Waals surface area (Å²) < 4.78 is 13.2. The lowest BCUT2D eigenvalue weighted by Crippen LogP contribution is -2.50. The number of halogens is 2. The average Bonchev–Trinajstić information content (AvgIpc) is 2.66. The minimum absolute atomic E-state index is 0.00559. The van der Waals surface area contributed by atoms with Gasteiger partial charge in [-0.05, 0) is 43.1 Å². The highest BCUT2D eigenvalue weighted by Crippen LogP contribution is 2.19. The van der Waals surface area contributed by atoms with E-state index < -0.39 is 5.82 Å². The van der Waals surface area contributed by atoms with Crippen molar-refractivity contribution in [3.8, 4) is 0 Å². The minimum atomic E-state index is -0.492. The van der Waals surface area contributed by atoms with Crippen molar-refractivity contribution in [2.45, 2.75) is 12.8 Å². The summed E-state index contributed by atoms with van der Waals surface area (Å²) in [6.45, 7) is 4.15. The van der Waals surface area contributed by atoms with E-state index in [0.717, 1.165) is 32.5 Å². The maximum absolute atomic E-state index is 13.2. The molecule has 1 aliphatic heterocycles. The van der Waals surface area contributed by atoms with Crippen molar-refractivity contribution in [3.05, 3.63) is 64.9 Å². The van der Waals surface area contributed by atoms with E-state index in [-0.39, 0.29) is 11.1 Å². The fraction of sp³-hybridized carbons (Fsp3) is 0.350. The largest absolute Gasteiger partial charge is 0.322 e. The first-order valence-electron chi connectivity index (χ1n) is 8.89. The SMILES string of the molecule is O=C(Nc1ccc(F)c(Cl)c1)N1CCN(CCCc2ccccc2)CC1. The summed E-state index contributed by atoms with van der Waals surface area (Å²) in [5.41, 5.74) is 1.87. The van der Waals surface area contributed by atoms with Crippen LogP contribution >= 0.6 is 11.6 Å². The van der Waals surface area contributed by atoms with Gasteiger partial charge in [-0.2, -0.15) is 0 Å². The molecule has 2 aromatic carbocycles. The van der Waals surface area contributed by atoms with Crippen LogP contribution in [0.15, 0.2) is 48.5 Å². The van der Waals surface area contributed by atoms with E-state index in [2.05, 4.69) is 34.5 Å². The monoisotopic (exact) mass is 375 g/mol. The van der Waals surface area contributed by atoms with Gasteiger partial charge in [0.25, 0.3) is 0 Å². The molecule has 1 fully saturated rings. The summed E-state index contributed by atoms with van der Waals surface area (Å²) in [6.07, 6.45) is 2.19. The molecule has 2 amide bonds. The first kappa shape index (κ1) is 18.7. The van der Waals surface area contributed by atoms with Gasteiger partial charge in [-0.15, -0.1) is 0 Å². The predicted molar refractivity (Wildman–Crippen MR) is 103 cm³/mol. The van der Waals surface area contributed by atoms with E-state index in [1.165, 1.54) is 23.8 Å². The third-order valence-corrected chi connectivity index (χ3v) is 4.90. The Kier molecular flexibility index (Phi) is 6.47. The second-order valence-corrected chi connectivity index (χ2v) is 6.88. The van der Waals surface area contributed by atoms with Gasteiger partial charge in [-0.1, -0.05) is 41.9 Å². The molecule has 4 nitrogen and oxygen atoms in total. The van der Waals surface area contributed by atoms with Crippen molar-refractivity contribution in [1.82, 2.24) is 9.80 Å². The van der Waals surface area contributed by atoms with E-state index in [1.54, 1.807) is 4.90 Å². The van der Waals surface area contributed by atoms with Crippen LogP contribution in [0.2, 0.25) is 5.02 Å². The Bertz CT molecular complexity index is 733. The smallest absolute Gasteiger partial charge is 0.321 e. The molecule has 0 radical (unpaired) electrons. The van der Waals surface area contributed by atoms with Crippen LogP contribution in [-0.2, 0) is 6.42 Å². The summed E-state index contributed by atoms with van der Waals surface area (Å²) in [6, 6.07) is 14.5. The lowest BCUT2D eigenvalue weighted by molar-refractivity contribution is 0.146. The summed E-state index contributed by atoms with van der Waals surface area (Å²) >= 11 is 5.75. The van der Waals surface area contributed by atoms with Crippen LogP contribution in [0.5, 0.6) is 0 Å². The number of amides is 2. The molecule has 2 aromatic rings. The summed E-state index contributed by atoms with van der Waals surface area (Å²) in [7, 11) is 0. The van der Waals surface area contributed by atoms with Crippen molar-refractivity contribution in [1.29, 1.82) is 0 Å². The fourth-order valence-corrected chi connectivity index (χ4v) is 3.28. The van der Waals surface area contributed by atoms with E-state index in [1.807, 2.05) is 6.07 Å². The van der Waals surface area contributed by atoms with Crippen molar-refractivity contribution in [2.75, 3.05) is 38.0 Å². The lowest BCUT2D eigenvalue weighted by Gasteiger charge is -2.34. The summed E-state index contributed by atoms with van der Waals surface area (Å²) in [5, 5.41) is 2.78. The van der Waals surface area contributed by atoms with Gasteiger partial charge in [-0.3, -0.25) is 4.90 Å². The number of carbonyl (C=O) groups excluding carboxylic acids is 1. The van der Waals surface area contributed by atoms with Gasteiger partial charge in [0, 0.05) is 31.9 Å². The van der Waals surface area contributed by atoms with E-state index in [9.17, 15) is 9.18 Å². The molecule has 0 aliphatic carbocycles. The van der Waals surface area contributed by atoms with Crippen LogP contribution in [0.3, 0.4) is 0 Å². The molecule has 0 bridgehead atoms. The molecule has 0 aromatic heterocycles. The number of piperazine rings is 1. The van der Waals surface area contributed by atoms with Gasteiger partial charge in [0.15, 0.2) is 0 Å². The zero-order valence-corrected chi connectivity index (χ0v) is 15.4. The number of carbonyl (C=O) groups is 1. The molecule has 1 N–H and O–H groups in total. The average molecular weight is 376 g/mol. The molecule has 0 unspecified atom stereocenters. The second kappa shape index (κ2) is 9.01. The third-order valence-electron chi connectivity index (χ3n) is 4.61. The number of aryl methyl sites for hydroxylation is 1. The van der Waals surface area contributed by atoms with Gasteiger partial charge >= 0.3 is 6.03 Å². The number of anilines is 1. The number of hydrogen-bond donors (Lipinski definition) is 1. The number of nitrogens with zero attached hydrogens (tertiary/aromatic N) is 2. The third kappa shape index (κ3) is 5.19. The van der Waals surface area contributed by atoms with Crippen molar-refractivity contribution in [3.63, 3.8) is 0 Å². The van der Waals surface area contributed by atoms with Crippen molar-refractivity contribution in [2.24, 2.45) is 0 Å². The number of benzene rings is 2. The first-order chi connectivity index (χ1) is 12.6. The molecule has 6 heteroatoms. The molecule has 0 saturated carbocycles. The molecule has 0 atom stereocenters. The standard InChI is InChI=1S/C20H23ClFN3O/c21-18-15-17(8-9-19(18)22)23-20(26)25-13-11-24(12-14-25)10-4-7-16-5-2-1-3-6-16/h1-3,5-6,8-9,15H,4,7,10-14H2,(H,23,26). The number of rotatable bonds is 5. The summed E-state index contributed by atoms with van der Waals surface area (Å²) in [5.74, 6) is -0.492. The maximum Gasteiger partial charge on any atom is 0.321 e. The Morgan fingerprint density at radius 1 is 1.08 bits per heavy atom. The predicted octanol–water partition coefficient (Wildman–Crippen LogP) is 4.26. The molecule has 1 saturated heterocycles. The van der Waals surface area contributed by atoms with Crippen molar-refractivity contribution >= 4 is 23.3 Å². The Morgan fingerprint density at radius 3 is 2.50 bits per heavy atom. The molecule has 0 spiro atoms. The highest BCUT2D eigenvalue weighted by molar-refractivity contribution is 6.31. The zero-order chi connectivity index (χ0) is 18.4. The second-order valence-electron chi connectivity index (χ2n) is 6.48. The van der Waals surface area contributed by atoms with Crippen LogP contribution < -0.4 is 5.32 Å². The van der Waals surface area contributed by atoms with Crippen LogP contribution in [0.4, 0.5) is 14.9 Å². The Labute approximate surface area is 158 Å². The van der Waals surface area contributed by atoms with Gasteiger partial charge < -0.3 is 10.2 Å². The molecular weight excluding hydrogens is 353 g/mol. The van der Waals surface area contributed by atoms with E-state index in [0.29, 0.717) is 18.8 Å². The molecular formula is C20H23ClFN3O. The normalized spacial score (nSPS) is 15.1. The molecule has 1 aliphatic rings. The van der Waals surface area contributed by atoms with Gasteiger partial charge in [0.2, 0.25) is 0 Å². The van der Waals surface area contributed by atoms with E-state index >= 15 is 0 Å². The number of urea groups is 1. The molecule has 3 rings (SSSR count). The van der Waals surface area contributed by atoms with Crippen molar-refractivity contribution < 1.29 is 9.18 Å². The Morgan fingerprint density at radius 2 is 1.81 bits per heavy atom. The lowest BCUT2D eigenvalue weighted by atomic mass is 10.1. The molecule has 26 heavy (non-hydrogen) atoms. The van der Waals surface area contributed by atoms with Crippen LogP contribution in [0, 0.1) is 5.82 Å². The Balaban J connectivity index is 1.40. The topological polar surface area (TPSA) is 35.6 Å². The minimum Gasteiger partial charge on any atom is -0.322 e. The van der Waals surface area contributed by atoms with Crippen LogP contribution in [0.1, 0.15) is 12.0 Å².